The first-order valence-corrected chi connectivity index (χ1v) is 14.3. The third-order valence-electron chi connectivity index (χ3n) is 5.28. The summed E-state index contributed by atoms with van der Waals surface area (Å²) in [6.07, 6.45) is -2.12. The maximum absolute atomic E-state index is 11.8. The van der Waals surface area contributed by atoms with Crippen LogP contribution in [0, 0.1) is 20.2 Å². The highest BCUT2D eigenvalue weighted by atomic mass is 16.8. The zero-order valence-electron chi connectivity index (χ0n) is 28.5. The second-order valence-electron chi connectivity index (χ2n) is 13.0. The number of nitrogens with zero attached hydrogens (tertiary/aromatic N) is 2. The number of esters is 1. The van der Waals surface area contributed by atoms with E-state index in [9.17, 15) is 39.4 Å². The van der Waals surface area contributed by atoms with E-state index in [1.54, 1.807) is 81.4 Å². The lowest BCUT2D eigenvalue weighted by atomic mass is 10.0. The zero-order valence-corrected chi connectivity index (χ0v) is 28.5. The van der Waals surface area contributed by atoms with Crippen molar-refractivity contribution >= 4 is 35.6 Å². The molecule has 2 aromatic rings. The molecule has 2 rings (SSSR count). The van der Waals surface area contributed by atoms with Crippen LogP contribution in [0.4, 0.5) is 21.0 Å². The van der Waals surface area contributed by atoms with Gasteiger partial charge >= 0.3 is 24.2 Å². The summed E-state index contributed by atoms with van der Waals surface area (Å²) in [7, 11) is 0. The summed E-state index contributed by atoms with van der Waals surface area (Å²) < 4.78 is 19.1. The maximum atomic E-state index is 11.8. The van der Waals surface area contributed by atoms with E-state index in [1.807, 2.05) is 0 Å². The summed E-state index contributed by atoms with van der Waals surface area (Å²) in [6, 6.07) is 11.4. The van der Waals surface area contributed by atoms with Crippen molar-refractivity contribution in [2.75, 3.05) is 0 Å². The molecular weight excluding hydrogens is 632 g/mol. The van der Waals surface area contributed by atoms with Crippen molar-refractivity contribution in [3.63, 3.8) is 0 Å². The number of aliphatic carboxylic acids is 1. The number of carbonyl (C=O) groups is 4. The molecule has 0 radical (unpaired) electrons. The van der Waals surface area contributed by atoms with Crippen molar-refractivity contribution in [2.45, 2.75) is 112 Å². The van der Waals surface area contributed by atoms with E-state index in [-0.39, 0.29) is 24.8 Å². The van der Waals surface area contributed by atoms with Gasteiger partial charge in [-0.25, -0.2) is 9.59 Å². The summed E-state index contributed by atoms with van der Waals surface area (Å²) >= 11 is 0. The van der Waals surface area contributed by atoms with Crippen LogP contribution in [0.2, 0.25) is 0 Å². The third kappa shape index (κ3) is 19.4. The summed E-state index contributed by atoms with van der Waals surface area (Å²) in [4.78, 5) is 64.3. The molecular formula is C33H48N2O13. The molecule has 0 saturated heterocycles. The summed E-state index contributed by atoms with van der Waals surface area (Å²) in [5, 5.41) is 29.5. The SMILES string of the molecule is C.CC(C(=O)O)c1ccc([N+](=O)[O-])cc1.CC(C(=O)OC(C)(C)C)c1ccc([N+](=O)[O-])cc1.CC(C)(C)OC(=O)OC(=O)OC(C)(C)C. The standard InChI is InChI=1S/C13H17NO4.C10H18O5.C9H9NO4.CH4/c1-9(12(15)18-13(2,3)4)10-5-7-11(8-6-10)14(16)17;1-9(2,3)14-7(11)13-8(12)15-10(4,5)6;1-6(9(11)12)7-2-4-8(5-3-7)10(13)14;/h5-9H,1-4H3;1-6H3;2-6H,1H3,(H,11,12);1H4. The van der Waals surface area contributed by atoms with E-state index < -0.39 is 56.8 Å². The molecule has 2 aromatic carbocycles. The number of ether oxygens (including phenoxy) is 4. The summed E-state index contributed by atoms with van der Waals surface area (Å²) in [6.45, 7) is 18.7. The van der Waals surface area contributed by atoms with Crippen LogP contribution in [0.1, 0.15) is 107 Å². The molecule has 0 aliphatic carbocycles. The fraction of sp³-hybridized carbons (Fsp3) is 0.515. The van der Waals surface area contributed by atoms with Crippen LogP contribution in [0.5, 0.6) is 0 Å². The molecule has 0 spiro atoms. The normalized spacial score (nSPS) is 12.1. The van der Waals surface area contributed by atoms with Crippen LogP contribution in [0.3, 0.4) is 0 Å². The van der Waals surface area contributed by atoms with E-state index in [4.69, 9.17) is 19.3 Å². The second-order valence-corrected chi connectivity index (χ2v) is 13.0. The number of nitro benzene ring substituents is 2. The molecule has 0 aliphatic rings. The molecule has 1 N–H and O–H groups in total. The topological polar surface area (TPSA) is 212 Å². The highest BCUT2D eigenvalue weighted by molar-refractivity contribution is 5.78. The number of rotatable bonds is 6. The quantitative estimate of drug-likeness (QED) is 0.1000. The Kier molecular flexibility index (Phi) is 17.7. The minimum absolute atomic E-state index is 0. The first kappa shape index (κ1) is 45.0. The number of carbonyl (C=O) groups excluding carboxylic acids is 3. The Hall–Kier alpha value is -5.08. The summed E-state index contributed by atoms with van der Waals surface area (Å²) in [5.41, 5.74) is -0.691. The minimum atomic E-state index is -1.06. The van der Waals surface area contributed by atoms with E-state index in [2.05, 4.69) is 4.74 Å². The molecule has 0 saturated carbocycles. The molecule has 2 unspecified atom stereocenters. The number of carboxylic acids is 1. The van der Waals surface area contributed by atoms with Gasteiger partial charge in [-0.2, -0.15) is 0 Å². The van der Waals surface area contributed by atoms with E-state index >= 15 is 0 Å². The number of nitro groups is 2. The largest absolute Gasteiger partial charge is 0.519 e. The van der Waals surface area contributed by atoms with Crippen LogP contribution >= 0.6 is 0 Å². The highest BCUT2D eigenvalue weighted by Gasteiger charge is 2.25. The smallest absolute Gasteiger partial charge is 0.481 e. The molecule has 0 heterocycles. The van der Waals surface area contributed by atoms with Gasteiger partial charge in [-0.15, -0.1) is 0 Å². The molecule has 268 valence electrons. The molecule has 0 bridgehead atoms. The first-order chi connectivity index (χ1) is 21.2. The van der Waals surface area contributed by atoms with Crippen molar-refractivity contribution in [1.29, 1.82) is 0 Å². The van der Waals surface area contributed by atoms with Gasteiger partial charge < -0.3 is 24.1 Å². The molecule has 0 amide bonds. The average Bonchev–Trinajstić information content (AvgIpc) is 2.89. The van der Waals surface area contributed by atoms with Gasteiger partial charge in [-0.1, -0.05) is 31.7 Å². The third-order valence-corrected chi connectivity index (χ3v) is 5.28. The first-order valence-electron chi connectivity index (χ1n) is 14.3. The lowest BCUT2D eigenvalue weighted by Crippen LogP contribution is -2.29. The van der Waals surface area contributed by atoms with Gasteiger partial charge in [0.25, 0.3) is 11.4 Å². The van der Waals surface area contributed by atoms with E-state index in [1.165, 1.54) is 43.3 Å². The molecule has 48 heavy (non-hydrogen) atoms. The van der Waals surface area contributed by atoms with Crippen molar-refractivity contribution in [3.05, 3.63) is 79.9 Å². The summed E-state index contributed by atoms with van der Waals surface area (Å²) in [5.74, 6) is -2.36. The predicted octanol–water partition coefficient (Wildman–Crippen LogP) is 8.33. The van der Waals surface area contributed by atoms with Crippen molar-refractivity contribution in [3.8, 4) is 0 Å². The van der Waals surface area contributed by atoms with Crippen molar-refractivity contribution < 1.29 is 53.1 Å². The highest BCUT2D eigenvalue weighted by Crippen LogP contribution is 2.23. The maximum Gasteiger partial charge on any atom is 0.519 e. The lowest BCUT2D eigenvalue weighted by Gasteiger charge is -2.22. The van der Waals surface area contributed by atoms with Gasteiger partial charge in [0.1, 0.15) is 16.8 Å². The van der Waals surface area contributed by atoms with Gasteiger partial charge in [-0.3, -0.25) is 29.8 Å². The fourth-order valence-electron chi connectivity index (χ4n) is 3.05. The second kappa shape index (κ2) is 18.9. The number of benzene rings is 2. The van der Waals surface area contributed by atoms with Crippen molar-refractivity contribution in [1.82, 2.24) is 0 Å². The van der Waals surface area contributed by atoms with Gasteiger partial charge in [-0.05, 0) is 87.3 Å². The molecule has 15 nitrogen and oxygen atoms in total. The Morgan fingerprint density at radius 3 is 1.15 bits per heavy atom. The van der Waals surface area contributed by atoms with Gasteiger partial charge in [0.2, 0.25) is 0 Å². The van der Waals surface area contributed by atoms with Crippen LogP contribution < -0.4 is 0 Å². The van der Waals surface area contributed by atoms with Gasteiger partial charge in [0.15, 0.2) is 0 Å². The van der Waals surface area contributed by atoms with Gasteiger partial charge in [0, 0.05) is 24.3 Å². The molecule has 15 heteroatoms. The predicted molar refractivity (Wildman–Crippen MR) is 177 cm³/mol. The Bertz CT molecular complexity index is 1360. The zero-order chi connectivity index (χ0) is 36.9. The van der Waals surface area contributed by atoms with Crippen molar-refractivity contribution in [2.24, 2.45) is 0 Å². The van der Waals surface area contributed by atoms with Gasteiger partial charge in [0.05, 0.1) is 21.7 Å². The van der Waals surface area contributed by atoms with Crippen LogP contribution in [-0.4, -0.2) is 56.0 Å². The van der Waals surface area contributed by atoms with Crippen LogP contribution in [0.15, 0.2) is 48.5 Å². The number of hydrogen-bond acceptors (Lipinski definition) is 12. The Labute approximate surface area is 280 Å². The van der Waals surface area contributed by atoms with E-state index in [0.29, 0.717) is 11.1 Å². The molecule has 2 atom stereocenters. The van der Waals surface area contributed by atoms with Crippen LogP contribution in [0.25, 0.3) is 0 Å². The number of carboxylic acid groups (broad SMARTS) is 1. The average molecular weight is 681 g/mol. The Balaban J connectivity index is 0. The molecule has 0 aromatic heterocycles. The molecule has 0 fully saturated rings. The Morgan fingerprint density at radius 1 is 0.604 bits per heavy atom. The molecule has 0 aliphatic heterocycles. The van der Waals surface area contributed by atoms with E-state index in [0.717, 1.165) is 0 Å². The number of hydrogen-bond donors (Lipinski definition) is 1. The monoisotopic (exact) mass is 680 g/mol. The lowest BCUT2D eigenvalue weighted by molar-refractivity contribution is -0.385. The Morgan fingerprint density at radius 2 is 0.896 bits per heavy atom. The number of non-ortho nitro benzene ring substituents is 2. The van der Waals surface area contributed by atoms with Crippen LogP contribution in [-0.2, 0) is 28.5 Å². The minimum Gasteiger partial charge on any atom is -0.481 e. The fourth-order valence-corrected chi connectivity index (χ4v) is 3.05.